The molecular formula is C17H15I3N2O5. The van der Waals surface area contributed by atoms with Gasteiger partial charge in [-0.15, -0.1) is 0 Å². The first kappa shape index (κ1) is 22.4. The van der Waals surface area contributed by atoms with E-state index in [1.165, 1.54) is 0 Å². The molecule has 7 nitrogen and oxygen atoms in total. The number of nitrogens with two attached hydrogens (primary N) is 1. The lowest BCUT2D eigenvalue weighted by Gasteiger charge is -2.16. The maximum atomic E-state index is 11.4. The Hall–Kier alpha value is -0.870. The molecule has 0 spiro atoms. The van der Waals surface area contributed by atoms with Crippen LogP contribution in [0.3, 0.4) is 0 Å². The smallest absolute Gasteiger partial charge is 0.326 e. The summed E-state index contributed by atoms with van der Waals surface area (Å²) in [5.74, 6) is -0.241. The van der Waals surface area contributed by atoms with Crippen LogP contribution in [0.2, 0.25) is 0 Å². The first-order chi connectivity index (χ1) is 12.7. The highest BCUT2D eigenvalue weighted by Gasteiger charge is 2.21. The van der Waals surface area contributed by atoms with Crippen LogP contribution < -0.4 is 15.8 Å². The molecule has 27 heavy (non-hydrogen) atoms. The molecule has 0 aliphatic rings. The summed E-state index contributed by atoms with van der Waals surface area (Å²) in [5, 5.41) is 21.3. The van der Waals surface area contributed by atoms with Crippen LogP contribution in [0.5, 0.6) is 17.2 Å². The lowest BCUT2D eigenvalue weighted by Crippen LogP contribution is -2.44. The van der Waals surface area contributed by atoms with E-state index in [1.54, 1.807) is 18.2 Å². The van der Waals surface area contributed by atoms with Gasteiger partial charge in [0.15, 0.2) is 5.75 Å². The molecule has 0 fully saturated rings. The van der Waals surface area contributed by atoms with Crippen LogP contribution in [0.25, 0.3) is 0 Å². The average Bonchev–Trinajstić information content (AvgIpc) is 2.60. The van der Waals surface area contributed by atoms with Crippen molar-refractivity contribution in [1.29, 1.82) is 0 Å². The number of hydrogen-bond donors (Lipinski definition) is 4. The van der Waals surface area contributed by atoms with Crippen LogP contribution in [0, 0.1) is 10.7 Å². The first-order valence-electron chi connectivity index (χ1n) is 7.57. The number of carboxylic acids is 1. The largest absolute Gasteiger partial charge is 0.507 e. The molecule has 2 aromatic carbocycles. The molecule has 144 valence electrons. The molecule has 1 unspecified atom stereocenters. The summed E-state index contributed by atoms with van der Waals surface area (Å²) in [5.41, 5.74) is 5.99. The standard InChI is InChI=1S/C17H15I3N2O5/c18-10-6-9(1-2-14(10)23)27-16-11(19)3-8(4-12(16)20)5-13(17(25)26)22-15(24)7-21/h1-4,6,13,23H,5,7,21H2,(H,22,24)(H,25,26). The molecule has 0 radical (unpaired) electrons. The van der Waals surface area contributed by atoms with Gasteiger partial charge in [-0.25, -0.2) is 4.79 Å². The minimum absolute atomic E-state index is 0.129. The van der Waals surface area contributed by atoms with Crippen LogP contribution >= 0.6 is 67.8 Å². The Labute approximate surface area is 196 Å². The van der Waals surface area contributed by atoms with Gasteiger partial charge in [0.05, 0.1) is 17.3 Å². The maximum Gasteiger partial charge on any atom is 0.326 e. The second-order valence-corrected chi connectivity index (χ2v) is 8.96. The molecule has 0 heterocycles. The number of amides is 1. The van der Waals surface area contributed by atoms with E-state index in [4.69, 9.17) is 10.5 Å². The molecule has 2 aromatic rings. The van der Waals surface area contributed by atoms with E-state index in [1.807, 2.05) is 34.7 Å². The van der Waals surface area contributed by atoms with Crippen LogP contribution in [-0.4, -0.2) is 34.7 Å². The molecule has 0 saturated carbocycles. The number of carboxylic acid groups (broad SMARTS) is 1. The van der Waals surface area contributed by atoms with Gasteiger partial charge in [0.1, 0.15) is 17.5 Å². The molecule has 0 aliphatic heterocycles. The van der Waals surface area contributed by atoms with E-state index in [-0.39, 0.29) is 18.7 Å². The van der Waals surface area contributed by atoms with Gasteiger partial charge < -0.3 is 26.0 Å². The zero-order valence-electron chi connectivity index (χ0n) is 13.7. The third-order valence-electron chi connectivity index (χ3n) is 3.46. The molecular weight excluding hydrogens is 693 g/mol. The molecule has 0 aromatic heterocycles. The average molecular weight is 708 g/mol. The SMILES string of the molecule is NCC(=O)NC(Cc1cc(I)c(Oc2ccc(O)c(I)c2)c(I)c1)C(=O)O. The van der Waals surface area contributed by atoms with Crippen molar-refractivity contribution in [3.63, 3.8) is 0 Å². The van der Waals surface area contributed by atoms with Crippen LogP contribution in [-0.2, 0) is 16.0 Å². The van der Waals surface area contributed by atoms with Gasteiger partial charge in [-0.3, -0.25) is 4.79 Å². The summed E-state index contributed by atoms with van der Waals surface area (Å²) < 4.78 is 8.20. The van der Waals surface area contributed by atoms with E-state index in [0.29, 0.717) is 15.1 Å². The van der Waals surface area contributed by atoms with Gasteiger partial charge in [0.25, 0.3) is 0 Å². The quantitative estimate of drug-likeness (QED) is 0.329. The highest BCUT2D eigenvalue weighted by atomic mass is 127. The molecule has 2 rings (SSSR count). The number of carbonyl (C=O) groups is 2. The van der Waals surface area contributed by atoms with Crippen LogP contribution in [0.1, 0.15) is 5.56 Å². The Kier molecular flexibility index (Phi) is 8.36. The van der Waals surface area contributed by atoms with E-state index in [9.17, 15) is 19.8 Å². The molecule has 5 N–H and O–H groups in total. The van der Waals surface area contributed by atoms with Gasteiger partial charge in [0.2, 0.25) is 5.91 Å². The number of halogens is 3. The van der Waals surface area contributed by atoms with Crippen molar-refractivity contribution in [3.8, 4) is 17.2 Å². The normalized spacial score (nSPS) is 11.7. The van der Waals surface area contributed by atoms with Crippen LogP contribution in [0.4, 0.5) is 0 Å². The molecule has 1 atom stereocenters. The minimum atomic E-state index is -1.12. The summed E-state index contributed by atoms with van der Waals surface area (Å²) in [6.45, 7) is -0.267. The number of nitrogens with one attached hydrogen (secondary N) is 1. The van der Waals surface area contributed by atoms with E-state index in [2.05, 4.69) is 50.5 Å². The lowest BCUT2D eigenvalue weighted by molar-refractivity contribution is -0.141. The molecule has 0 bridgehead atoms. The summed E-state index contributed by atoms with van der Waals surface area (Å²) in [6.07, 6.45) is 0.129. The van der Waals surface area contributed by atoms with Crippen molar-refractivity contribution in [3.05, 3.63) is 46.6 Å². The van der Waals surface area contributed by atoms with Gasteiger partial charge >= 0.3 is 5.97 Å². The van der Waals surface area contributed by atoms with Crippen LogP contribution in [0.15, 0.2) is 30.3 Å². The molecule has 0 saturated heterocycles. The van der Waals surface area contributed by atoms with Gasteiger partial charge in [-0.1, -0.05) is 0 Å². The van der Waals surface area contributed by atoms with Crippen molar-refractivity contribution in [2.75, 3.05) is 6.54 Å². The fourth-order valence-corrected chi connectivity index (χ4v) is 4.79. The maximum absolute atomic E-state index is 11.4. The van der Waals surface area contributed by atoms with E-state index in [0.717, 1.165) is 12.7 Å². The topological polar surface area (TPSA) is 122 Å². The third kappa shape index (κ3) is 6.32. The Morgan fingerprint density at radius 3 is 2.26 bits per heavy atom. The van der Waals surface area contributed by atoms with Crippen molar-refractivity contribution in [2.45, 2.75) is 12.5 Å². The Balaban J connectivity index is 2.23. The van der Waals surface area contributed by atoms with E-state index < -0.39 is 17.9 Å². The summed E-state index contributed by atoms with van der Waals surface area (Å²) in [6, 6.07) is 7.52. The molecule has 0 aliphatic carbocycles. The highest BCUT2D eigenvalue weighted by molar-refractivity contribution is 14.1. The number of phenols is 1. The number of hydrogen-bond acceptors (Lipinski definition) is 5. The second-order valence-electron chi connectivity index (χ2n) is 5.47. The zero-order chi connectivity index (χ0) is 20.1. The first-order valence-corrected chi connectivity index (χ1v) is 10.8. The highest BCUT2D eigenvalue weighted by Crippen LogP contribution is 2.35. The summed E-state index contributed by atoms with van der Waals surface area (Å²) in [4.78, 5) is 22.8. The van der Waals surface area contributed by atoms with E-state index >= 15 is 0 Å². The predicted molar refractivity (Wildman–Crippen MR) is 125 cm³/mol. The Morgan fingerprint density at radius 1 is 1.11 bits per heavy atom. The monoisotopic (exact) mass is 708 g/mol. The number of benzene rings is 2. The second kappa shape index (κ2) is 10.1. The number of aliphatic carboxylic acids is 1. The molecule has 1 amide bonds. The van der Waals surface area contributed by atoms with Gasteiger partial charge in [-0.05, 0) is 104 Å². The summed E-state index contributed by atoms with van der Waals surface area (Å²) >= 11 is 6.24. The van der Waals surface area contributed by atoms with Crippen molar-refractivity contribution >= 4 is 79.6 Å². The Bertz CT molecular complexity index is 853. The minimum Gasteiger partial charge on any atom is -0.507 e. The number of phenolic OH excluding ortho intramolecular Hbond substituents is 1. The van der Waals surface area contributed by atoms with Crippen molar-refractivity contribution < 1.29 is 24.5 Å². The number of ether oxygens (including phenoxy) is 1. The van der Waals surface area contributed by atoms with Crippen molar-refractivity contribution in [1.82, 2.24) is 5.32 Å². The summed E-state index contributed by atoms with van der Waals surface area (Å²) in [7, 11) is 0. The molecule has 10 heteroatoms. The lowest BCUT2D eigenvalue weighted by atomic mass is 10.1. The number of rotatable bonds is 7. The van der Waals surface area contributed by atoms with Gasteiger partial charge in [0, 0.05) is 6.42 Å². The zero-order valence-corrected chi connectivity index (χ0v) is 20.2. The third-order valence-corrected chi connectivity index (χ3v) is 5.92. The fraction of sp³-hybridized carbons (Fsp3) is 0.176. The number of aromatic hydroxyl groups is 1. The number of carbonyl (C=O) groups excluding carboxylic acids is 1. The van der Waals surface area contributed by atoms with Gasteiger partial charge in [-0.2, -0.15) is 0 Å². The Morgan fingerprint density at radius 2 is 1.74 bits per heavy atom. The fourth-order valence-electron chi connectivity index (χ4n) is 2.19. The predicted octanol–water partition coefficient (Wildman–Crippen LogP) is 3.07. The van der Waals surface area contributed by atoms with Crippen molar-refractivity contribution in [2.24, 2.45) is 5.73 Å².